The van der Waals surface area contributed by atoms with E-state index in [1.54, 1.807) is 19.2 Å². The van der Waals surface area contributed by atoms with E-state index in [2.05, 4.69) is 30.7 Å². The van der Waals surface area contributed by atoms with E-state index in [9.17, 15) is 8.42 Å². The highest BCUT2D eigenvalue weighted by atomic mass is 32.2. The Bertz CT molecular complexity index is 1110. The lowest BCUT2D eigenvalue weighted by molar-refractivity contribution is 0.415. The van der Waals surface area contributed by atoms with Crippen molar-refractivity contribution in [2.45, 2.75) is 31.1 Å². The van der Waals surface area contributed by atoms with Crippen LogP contribution in [0.1, 0.15) is 31.9 Å². The van der Waals surface area contributed by atoms with Gasteiger partial charge < -0.3 is 4.74 Å². The van der Waals surface area contributed by atoms with Crippen LogP contribution in [0, 0.1) is 0 Å². The molecule has 0 heterocycles. The van der Waals surface area contributed by atoms with E-state index in [1.165, 1.54) is 6.21 Å². The average molecular weight is 397 g/mol. The van der Waals surface area contributed by atoms with Gasteiger partial charge in [0.2, 0.25) is 0 Å². The predicted molar refractivity (Wildman–Crippen MR) is 114 cm³/mol. The summed E-state index contributed by atoms with van der Waals surface area (Å²) in [7, 11) is -2.18. The number of nitrogens with one attached hydrogen (secondary N) is 1. The van der Waals surface area contributed by atoms with E-state index in [-0.39, 0.29) is 10.3 Å². The van der Waals surface area contributed by atoms with Crippen molar-refractivity contribution in [3.63, 3.8) is 0 Å². The Balaban J connectivity index is 1.87. The van der Waals surface area contributed by atoms with E-state index < -0.39 is 10.0 Å². The lowest BCUT2D eigenvalue weighted by Gasteiger charge is -2.19. The van der Waals surface area contributed by atoms with Crippen LogP contribution >= 0.6 is 0 Å². The maximum Gasteiger partial charge on any atom is 0.276 e. The fourth-order valence-corrected chi connectivity index (χ4v) is 3.73. The van der Waals surface area contributed by atoms with Gasteiger partial charge in [-0.1, -0.05) is 63.2 Å². The largest absolute Gasteiger partial charge is 0.496 e. The first-order valence-corrected chi connectivity index (χ1v) is 10.4. The van der Waals surface area contributed by atoms with Crippen molar-refractivity contribution in [3.05, 3.63) is 71.8 Å². The first kappa shape index (κ1) is 19.9. The third-order valence-corrected chi connectivity index (χ3v) is 5.79. The predicted octanol–water partition coefficient (Wildman–Crippen LogP) is 4.46. The Labute approximate surface area is 166 Å². The van der Waals surface area contributed by atoms with Crippen molar-refractivity contribution in [1.29, 1.82) is 0 Å². The Hall–Kier alpha value is -2.86. The monoisotopic (exact) mass is 396 g/mol. The number of nitrogens with zero attached hydrogens (tertiary/aromatic N) is 1. The van der Waals surface area contributed by atoms with E-state index in [4.69, 9.17) is 4.74 Å². The van der Waals surface area contributed by atoms with Gasteiger partial charge in [0, 0.05) is 5.56 Å². The average Bonchev–Trinajstić information content (AvgIpc) is 2.67. The summed E-state index contributed by atoms with van der Waals surface area (Å²) in [5.74, 6) is 0.621. The molecule has 0 spiro atoms. The number of hydrogen-bond donors (Lipinski definition) is 1. The van der Waals surface area contributed by atoms with Gasteiger partial charge in [-0.25, -0.2) is 4.83 Å². The molecule has 0 aromatic heterocycles. The summed E-state index contributed by atoms with van der Waals surface area (Å²) in [6.45, 7) is 6.24. The zero-order valence-electron chi connectivity index (χ0n) is 16.4. The van der Waals surface area contributed by atoms with Gasteiger partial charge >= 0.3 is 0 Å². The van der Waals surface area contributed by atoms with Gasteiger partial charge in [-0.3, -0.25) is 0 Å². The molecule has 0 amide bonds. The van der Waals surface area contributed by atoms with Crippen molar-refractivity contribution in [2.24, 2.45) is 5.10 Å². The molecule has 6 heteroatoms. The fraction of sp³-hybridized carbons (Fsp3) is 0.227. The molecule has 0 aliphatic rings. The molecule has 3 aromatic carbocycles. The Morgan fingerprint density at radius 1 is 0.964 bits per heavy atom. The second-order valence-corrected chi connectivity index (χ2v) is 9.19. The van der Waals surface area contributed by atoms with Crippen LogP contribution in [-0.2, 0) is 15.4 Å². The van der Waals surface area contributed by atoms with Crippen LogP contribution in [0.3, 0.4) is 0 Å². The van der Waals surface area contributed by atoms with Gasteiger partial charge in [0.1, 0.15) is 5.75 Å². The van der Waals surface area contributed by atoms with E-state index >= 15 is 0 Å². The molecule has 146 valence electrons. The first-order chi connectivity index (χ1) is 13.2. The molecule has 0 bridgehead atoms. The zero-order chi connectivity index (χ0) is 20.4. The van der Waals surface area contributed by atoms with Crippen molar-refractivity contribution < 1.29 is 13.2 Å². The quantitative estimate of drug-likeness (QED) is 0.511. The lowest BCUT2D eigenvalue weighted by atomic mass is 9.87. The number of methoxy groups -OCH3 is 1. The number of rotatable bonds is 5. The SMILES string of the molecule is COc1ccc2ccccc2c1/C=N/NS(=O)(=O)c1ccc(C(C)(C)C)cc1. The Kier molecular flexibility index (Phi) is 5.42. The van der Waals surface area contributed by atoms with Crippen LogP contribution in [0.2, 0.25) is 0 Å². The Morgan fingerprint density at radius 3 is 2.29 bits per heavy atom. The molecule has 28 heavy (non-hydrogen) atoms. The summed E-state index contributed by atoms with van der Waals surface area (Å²) in [5, 5.41) is 5.93. The summed E-state index contributed by atoms with van der Waals surface area (Å²) in [4.78, 5) is 2.45. The lowest BCUT2D eigenvalue weighted by Crippen LogP contribution is -2.19. The third kappa shape index (κ3) is 4.17. The van der Waals surface area contributed by atoms with Crippen LogP contribution in [0.4, 0.5) is 0 Å². The third-order valence-electron chi connectivity index (χ3n) is 4.55. The standard InChI is InChI=1S/C22H24N2O3S/c1-22(2,3)17-10-12-18(13-11-17)28(25,26)24-23-15-20-19-8-6-5-7-16(19)9-14-21(20)27-4/h5-15,24H,1-4H3/b23-15+. The van der Waals surface area contributed by atoms with Crippen molar-refractivity contribution in [2.75, 3.05) is 7.11 Å². The molecule has 0 aliphatic heterocycles. The minimum atomic E-state index is -3.75. The van der Waals surface area contributed by atoms with E-state index in [0.29, 0.717) is 11.3 Å². The molecule has 0 saturated carbocycles. The summed E-state index contributed by atoms with van der Waals surface area (Å²) >= 11 is 0. The summed E-state index contributed by atoms with van der Waals surface area (Å²) in [6.07, 6.45) is 1.47. The highest BCUT2D eigenvalue weighted by Crippen LogP contribution is 2.26. The number of ether oxygens (including phenoxy) is 1. The minimum absolute atomic E-state index is 0.0429. The smallest absolute Gasteiger partial charge is 0.276 e. The number of sulfonamides is 1. The molecule has 0 fully saturated rings. The van der Waals surface area contributed by atoms with Gasteiger partial charge in [0.25, 0.3) is 10.0 Å². The number of fused-ring (bicyclic) bond motifs is 1. The summed E-state index contributed by atoms with van der Waals surface area (Å²) in [6, 6.07) is 18.4. The zero-order valence-corrected chi connectivity index (χ0v) is 17.2. The normalized spacial score (nSPS) is 12.4. The van der Waals surface area contributed by atoms with Crippen LogP contribution in [0.25, 0.3) is 10.8 Å². The van der Waals surface area contributed by atoms with Gasteiger partial charge in [-0.15, -0.1) is 0 Å². The number of hydrazone groups is 1. The second-order valence-electron chi connectivity index (χ2n) is 7.53. The molecule has 3 rings (SSSR count). The number of hydrogen-bond acceptors (Lipinski definition) is 4. The van der Waals surface area contributed by atoms with Crippen LogP contribution in [-0.4, -0.2) is 21.7 Å². The fourth-order valence-electron chi connectivity index (χ4n) is 2.93. The maximum atomic E-state index is 12.5. The molecule has 0 atom stereocenters. The molecule has 5 nitrogen and oxygen atoms in total. The summed E-state index contributed by atoms with van der Waals surface area (Å²) < 4.78 is 30.5. The molecule has 3 aromatic rings. The summed E-state index contributed by atoms with van der Waals surface area (Å²) in [5.41, 5.74) is 1.74. The van der Waals surface area contributed by atoms with Crippen molar-refractivity contribution in [3.8, 4) is 5.75 Å². The molecule has 0 radical (unpaired) electrons. The highest BCUT2D eigenvalue weighted by Gasteiger charge is 2.17. The van der Waals surface area contributed by atoms with Gasteiger partial charge in [-0.05, 0) is 39.9 Å². The molecule has 1 N–H and O–H groups in total. The minimum Gasteiger partial charge on any atom is -0.496 e. The first-order valence-electron chi connectivity index (χ1n) is 8.93. The van der Waals surface area contributed by atoms with Crippen molar-refractivity contribution >= 4 is 27.0 Å². The van der Waals surface area contributed by atoms with Gasteiger partial charge in [-0.2, -0.15) is 13.5 Å². The van der Waals surface area contributed by atoms with E-state index in [1.807, 2.05) is 48.5 Å². The van der Waals surface area contributed by atoms with E-state index in [0.717, 1.165) is 16.3 Å². The van der Waals surface area contributed by atoms with Crippen LogP contribution < -0.4 is 9.57 Å². The second kappa shape index (κ2) is 7.64. The molecular weight excluding hydrogens is 372 g/mol. The van der Waals surface area contributed by atoms with Gasteiger partial charge in [0.05, 0.1) is 18.2 Å². The molecule has 0 saturated heterocycles. The van der Waals surface area contributed by atoms with Gasteiger partial charge in [0.15, 0.2) is 0 Å². The number of benzene rings is 3. The van der Waals surface area contributed by atoms with Crippen LogP contribution in [0.15, 0.2) is 70.7 Å². The molecular formula is C22H24N2O3S. The van der Waals surface area contributed by atoms with Crippen LogP contribution in [0.5, 0.6) is 5.75 Å². The maximum absolute atomic E-state index is 12.5. The topological polar surface area (TPSA) is 67.8 Å². The molecule has 0 unspecified atom stereocenters. The highest BCUT2D eigenvalue weighted by molar-refractivity contribution is 7.89. The van der Waals surface area contributed by atoms with Crippen molar-refractivity contribution in [1.82, 2.24) is 4.83 Å². The Morgan fingerprint density at radius 2 is 1.64 bits per heavy atom. The molecule has 0 aliphatic carbocycles.